The molecule has 0 aliphatic heterocycles. The molecule has 0 amide bonds. The zero-order valence-corrected chi connectivity index (χ0v) is 11.4. The molecule has 2 N–H and O–H groups in total. The van der Waals surface area contributed by atoms with E-state index < -0.39 is 0 Å². The predicted molar refractivity (Wildman–Crippen MR) is 78.3 cm³/mol. The lowest BCUT2D eigenvalue weighted by molar-refractivity contribution is 0.566. The maximum Gasteiger partial charge on any atom is 0.123 e. The highest BCUT2D eigenvalue weighted by molar-refractivity contribution is 5.31. The maximum atomic E-state index is 13.3. The molecule has 1 atom stereocenters. The zero-order chi connectivity index (χ0) is 14.4. The van der Waals surface area contributed by atoms with Gasteiger partial charge in [0.1, 0.15) is 11.6 Å². The summed E-state index contributed by atoms with van der Waals surface area (Å²) in [5.41, 5.74) is 7.69. The minimum absolute atomic E-state index is 0.145. The van der Waals surface area contributed by atoms with Crippen LogP contribution in [0.4, 0.5) is 8.78 Å². The van der Waals surface area contributed by atoms with Gasteiger partial charge in [0.25, 0.3) is 0 Å². The van der Waals surface area contributed by atoms with Gasteiger partial charge in [-0.15, -0.1) is 0 Å². The van der Waals surface area contributed by atoms with Crippen molar-refractivity contribution in [3.63, 3.8) is 0 Å². The largest absolute Gasteiger partial charge is 0.330 e. The Morgan fingerprint density at radius 2 is 2.10 bits per heavy atom. The maximum absolute atomic E-state index is 13.3. The van der Waals surface area contributed by atoms with Crippen LogP contribution in [0, 0.1) is 11.7 Å². The Bertz CT molecular complexity index is 544. The molecule has 0 spiro atoms. The van der Waals surface area contributed by atoms with Crippen LogP contribution < -0.4 is 5.73 Å². The number of benzene rings is 1. The van der Waals surface area contributed by atoms with Gasteiger partial charge >= 0.3 is 0 Å². The van der Waals surface area contributed by atoms with Crippen molar-refractivity contribution < 1.29 is 8.78 Å². The standard InChI is InChI=1S/C17H19F2N/c18-16-5-2-4-14(7-8-16)15(9-10-20)11-13-3-1-6-17(19)12-13/h1-7,12,15H,8-11,20H2. The number of hydrogen-bond acceptors (Lipinski definition) is 1. The van der Waals surface area contributed by atoms with E-state index in [-0.39, 0.29) is 17.6 Å². The first-order valence-electron chi connectivity index (χ1n) is 6.86. The monoisotopic (exact) mass is 275 g/mol. The van der Waals surface area contributed by atoms with Crippen molar-refractivity contribution in [3.05, 3.63) is 71.4 Å². The summed E-state index contributed by atoms with van der Waals surface area (Å²) in [5.74, 6) is -0.182. The molecule has 1 aromatic rings. The van der Waals surface area contributed by atoms with E-state index in [1.54, 1.807) is 18.2 Å². The normalized spacial score (nSPS) is 16.4. The summed E-state index contributed by atoms with van der Waals surface area (Å²) in [6.45, 7) is 0.557. The number of nitrogens with two attached hydrogens (primary N) is 1. The highest BCUT2D eigenvalue weighted by Gasteiger charge is 2.14. The summed E-state index contributed by atoms with van der Waals surface area (Å²) >= 11 is 0. The fourth-order valence-electron chi connectivity index (χ4n) is 2.45. The molecule has 0 heterocycles. The Balaban J connectivity index is 2.15. The average Bonchev–Trinajstić information content (AvgIpc) is 2.63. The summed E-state index contributed by atoms with van der Waals surface area (Å²) in [5, 5.41) is 0. The van der Waals surface area contributed by atoms with Crippen LogP contribution in [0.2, 0.25) is 0 Å². The molecule has 3 heteroatoms. The van der Waals surface area contributed by atoms with Gasteiger partial charge in [0.05, 0.1) is 0 Å². The Labute approximate surface area is 118 Å². The van der Waals surface area contributed by atoms with Crippen LogP contribution >= 0.6 is 0 Å². The first-order valence-corrected chi connectivity index (χ1v) is 6.86. The fourth-order valence-corrected chi connectivity index (χ4v) is 2.45. The molecule has 0 fully saturated rings. The van der Waals surface area contributed by atoms with Gasteiger partial charge in [-0.3, -0.25) is 0 Å². The Kier molecular flexibility index (Phi) is 5.24. The quantitative estimate of drug-likeness (QED) is 0.861. The van der Waals surface area contributed by atoms with E-state index in [1.807, 2.05) is 18.2 Å². The molecule has 2 rings (SSSR count). The van der Waals surface area contributed by atoms with Gasteiger partial charge in [-0.25, -0.2) is 8.78 Å². The van der Waals surface area contributed by atoms with Gasteiger partial charge < -0.3 is 5.73 Å². The lowest BCUT2D eigenvalue weighted by atomic mass is 9.88. The molecular formula is C17H19F2N. The van der Waals surface area contributed by atoms with Gasteiger partial charge in [0.2, 0.25) is 0 Å². The van der Waals surface area contributed by atoms with Crippen molar-refractivity contribution in [2.24, 2.45) is 11.7 Å². The fraction of sp³-hybridized carbons (Fsp3) is 0.294. The smallest absolute Gasteiger partial charge is 0.123 e. The Morgan fingerprint density at radius 1 is 1.25 bits per heavy atom. The molecule has 1 aromatic carbocycles. The first kappa shape index (κ1) is 14.7. The average molecular weight is 275 g/mol. The summed E-state index contributed by atoms with van der Waals surface area (Å²) in [4.78, 5) is 0. The number of rotatable bonds is 5. The van der Waals surface area contributed by atoms with E-state index in [0.717, 1.165) is 17.6 Å². The van der Waals surface area contributed by atoms with E-state index in [0.29, 0.717) is 19.4 Å². The molecule has 0 aromatic heterocycles. The van der Waals surface area contributed by atoms with Gasteiger partial charge in [0.15, 0.2) is 0 Å². The Hall–Kier alpha value is -1.74. The van der Waals surface area contributed by atoms with Crippen LogP contribution in [0.25, 0.3) is 0 Å². The van der Waals surface area contributed by atoms with Crippen LogP contribution in [-0.2, 0) is 6.42 Å². The SMILES string of the molecule is NCCC(Cc1cccc(F)c1)C1=CCC(F)=CC=C1. The molecule has 1 nitrogen and oxygen atoms in total. The van der Waals surface area contributed by atoms with Gasteiger partial charge in [0, 0.05) is 6.42 Å². The third-order valence-corrected chi connectivity index (χ3v) is 3.46. The summed E-state index contributed by atoms with van der Waals surface area (Å²) < 4.78 is 26.5. The lowest BCUT2D eigenvalue weighted by Gasteiger charge is -2.18. The van der Waals surface area contributed by atoms with Crippen molar-refractivity contribution in [2.45, 2.75) is 19.3 Å². The summed E-state index contributed by atoms with van der Waals surface area (Å²) in [6.07, 6.45) is 8.85. The second kappa shape index (κ2) is 7.15. The zero-order valence-electron chi connectivity index (χ0n) is 11.4. The minimum Gasteiger partial charge on any atom is -0.330 e. The number of halogens is 2. The lowest BCUT2D eigenvalue weighted by Crippen LogP contribution is -2.13. The molecule has 0 saturated heterocycles. The molecule has 0 bridgehead atoms. The van der Waals surface area contributed by atoms with E-state index in [1.165, 1.54) is 12.1 Å². The van der Waals surface area contributed by atoms with Crippen molar-refractivity contribution >= 4 is 0 Å². The van der Waals surface area contributed by atoms with E-state index >= 15 is 0 Å². The van der Waals surface area contributed by atoms with Crippen molar-refractivity contribution in [1.82, 2.24) is 0 Å². The summed E-state index contributed by atoms with van der Waals surface area (Å²) in [6, 6.07) is 6.60. The molecule has 20 heavy (non-hydrogen) atoms. The van der Waals surface area contributed by atoms with Gasteiger partial charge in [-0.2, -0.15) is 0 Å². The van der Waals surface area contributed by atoms with Crippen LogP contribution in [0.15, 0.2) is 60.0 Å². The number of hydrogen-bond donors (Lipinski definition) is 1. The van der Waals surface area contributed by atoms with Crippen molar-refractivity contribution in [1.29, 1.82) is 0 Å². The Morgan fingerprint density at radius 3 is 2.85 bits per heavy atom. The van der Waals surface area contributed by atoms with Crippen LogP contribution in [0.3, 0.4) is 0 Å². The van der Waals surface area contributed by atoms with E-state index in [4.69, 9.17) is 5.73 Å². The minimum atomic E-state index is -0.230. The highest BCUT2D eigenvalue weighted by Crippen LogP contribution is 2.25. The molecule has 0 radical (unpaired) electrons. The highest BCUT2D eigenvalue weighted by atomic mass is 19.1. The second-order valence-electron chi connectivity index (χ2n) is 4.99. The molecule has 1 unspecified atom stereocenters. The molecule has 1 aliphatic rings. The third kappa shape index (κ3) is 4.14. The van der Waals surface area contributed by atoms with E-state index in [9.17, 15) is 8.78 Å². The van der Waals surface area contributed by atoms with E-state index in [2.05, 4.69) is 0 Å². The molecule has 106 valence electrons. The van der Waals surface area contributed by atoms with Crippen LogP contribution in [0.1, 0.15) is 18.4 Å². The predicted octanol–water partition coefficient (Wildman–Crippen LogP) is 4.07. The van der Waals surface area contributed by atoms with Crippen LogP contribution in [0.5, 0.6) is 0 Å². The molecular weight excluding hydrogens is 256 g/mol. The topological polar surface area (TPSA) is 26.0 Å². The van der Waals surface area contributed by atoms with Gasteiger partial charge in [-0.1, -0.05) is 30.4 Å². The van der Waals surface area contributed by atoms with Gasteiger partial charge in [-0.05, 0) is 54.6 Å². The van der Waals surface area contributed by atoms with Crippen molar-refractivity contribution in [3.8, 4) is 0 Å². The third-order valence-electron chi connectivity index (χ3n) is 3.46. The molecule has 0 saturated carbocycles. The second-order valence-corrected chi connectivity index (χ2v) is 4.99. The first-order chi connectivity index (χ1) is 9.69. The number of allylic oxidation sites excluding steroid dienone is 6. The van der Waals surface area contributed by atoms with Crippen molar-refractivity contribution in [2.75, 3.05) is 6.54 Å². The summed E-state index contributed by atoms with van der Waals surface area (Å²) in [7, 11) is 0. The molecule has 1 aliphatic carbocycles. The van der Waals surface area contributed by atoms with Crippen LogP contribution in [-0.4, -0.2) is 6.54 Å².